The van der Waals surface area contributed by atoms with Crippen molar-refractivity contribution in [2.24, 2.45) is 0 Å². The maximum atomic E-state index is 14.8. The second-order valence-corrected chi connectivity index (χ2v) is 12.0. The molecular formula is C24H28ClFN6O4S2. The van der Waals surface area contributed by atoms with Gasteiger partial charge in [-0.25, -0.2) is 37.3 Å². The molecule has 3 aromatic rings. The highest BCUT2D eigenvalue weighted by molar-refractivity contribution is 7.89. The van der Waals surface area contributed by atoms with Gasteiger partial charge in [0.1, 0.15) is 10.7 Å². The number of carbonyl (C=O) groups excluding carboxylic acids is 1. The third kappa shape index (κ3) is 6.57. The first-order chi connectivity index (χ1) is 18.1. The summed E-state index contributed by atoms with van der Waals surface area (Å²) in [5.41, 5.74) is 1.05. The number of amides is 1. The first kappa shape index (κ1) is 28.1. The average Bonchev–Trinajstić information content (AvgIpc) is 3.65. The van der Waals surface area contributed by atoms with E-state index in [1.807, 2.05) is 6.92 Å². The molecule has 10 nitrogen and oxygen atoms in total. The standard InChI is InChI=1S/C24H28ClFN6O4S2/c1-4-8-29-38(34,35)18-11-15(26)10-16(19(18)25)20-21(37-22(32-20)14-5-6-14)17-7-9-27-23(31-17)28-12-13(2)30-24(33)36-3/h7,9-11,13-14,29H,4-6,8,12H2,1-3H3,(H,30,33)(H,27,28,31)/t13-/m0/s1. The molecular weight excluding hydrogens is 555 g/mol. The number of nitrogens with zero attached hydrogens (tertiary/aromatic N) is 3. The molecule has 0 saturated heterocycles. The minimum atomic E-state index is -4.03. The van der Waals surface area contributed by atoms with Gasteiger partial charge >= 0.3 is 6.09 Å². The van der Waals surface area contributed by atoms with Crippen LogP contribution < -0.4 is 15.4 Å². The van der Waals surface area contributed by atoms with E-state index < -0.39 is 21.9 Å². The number of nitrogens with one attached hydrogen (secondary N) is 3. The zero-order chi connectivity index (χ0) is 27.4. The fourth-order valence-electron chi connectivity index (χ4n) is 3.57. The van der Waals surface area contributed by atoms with Crippen LogP contribution in [0.2, 0.25) is 5.02 Å². The number of benzene rings is 1. The van der Waals surface area contributed by atoms with E-state index >= 15 is 0 Å². The van der Waals surface area contributed by atoms with Crippen molar-refractivity contribution < 1.29 is 22.3 Å². The smallest absolute Gasteiger partial charge is 0.407 e. The van der Waals surface area contributed by atoms with E-state index in [0.717, 1.165) is 23.9 Å². The van der Waals surface area contributed by atoms with E-state index in [4.69, 9.17) is 16.6 Å². The maximum Gasteiger partial charge on any atom is 0.407 e. The SMILES string of the molecule is CCCNS(=O)(=O)c1cc(F)cc(-c2nc(C3CC3)sc2-c2ccnc(NC[C@H](C)NC(=O)OC)n2)c1Cl. The van der Waals surface area contributed by atoms with Crippen molar-refractivity contribution in [2.75, 3.05) is 25.5 Å². The van der Waals surface area contributed by atoms with Crippen LogP contribution in [0.5, 0.6) is 0 Å². The largest absolute Gasteiger partial charge is 0.453 e. The molecule has 2 heterocycles. The zero-order valence-electron chi connectivity index (χ0n) is 21.0. The van der Waals surface area contributed by atoms with Crippen LogP contribution in [0, 0.1) is 5.82 Å². The molecule has 1 aliphatic rings. The van der Waals surface area contributed by atoms with E-state index in [1.165, 1.54) is 24.5 Å². The first-order valence-corrected chi connectivity index (χ1v) is 14.7. The Kier molecular flexibility index (Phi) is 8.81. The number of hydrogen-bond donors (Lipinski definition) is 3. The highest BCUT2D eigenvalue weighted by atomic mass is 35.5. The Balaban J connectivity index is 1.72. The van der Waals surface area contributed by atoms with Crippen LogP contribution in [0.3, 0.4) is 0 Å². The fourth-order valence-corrected chi connectivity index (χ4v) is 6.53. The number of rotatable bonds is 11. The van der Waals surface area contributed by atoms with Gasteiger partial charge in [0.15, 0.2) is 0 Å². The van der Waals surface area contributed by atoms with Crippen molar-refractivity contribution in [1.82, 2.24) is 25.0 Å². The van der Waals surface area contributed by atoms with Crippen LogP contribution >= 0.6 is 22.9 Å². The molecule has 0 unspecified atom stereocenters. The molecule has 4 rings (SSSR count). The van der Waals surface area contributed by atoms with Gasteiger partial charge in [0.25, 0.3) is 0 Å². The molecule has 1 atom stereocenters. The predicted molar refractivity (Wildman–Crippen MR) is 144 cm³/mol. The average molecular weight is 583 g/mol. The molecule has 3 N–H and O–H groups in total. The second-order valence-electron chi connectivity index (χ2n) is 8.85. The Bertz CT molecular complexity index is 1430. The van der Waals surface area contributed by atoms with E-state index in [1.54, 1.807) is 19.2 Å². The Morgan fingerprint density at radius 3 is 2.76 bits per heavy atom. The molecule has 0 bridgehead atoms. The number of hydrogen-bond acceptors (Lipinski definition) is 9. The highest BCUT2D eigenvalue weighted by Gasteiger charge is 2.31. The monoisotopic (exact) mass is 582 g/mol. The summed E-state index contributed by atoms with van der Waals surface area (Å²) >= 11 is 8.02. The Labute approximate surface area is 229 Å². The summed E-state index contributed by atoms with van der Waals surface area (Å²) in [5, 5.41) is 6.46. The van der Waals surface area contributed by atoms with E-state index in [2.05, 4.69) is 30.1 Å². The van der Waals surface area contributed by atoms with Crippen molar-refractivity contribution in [3.05, 3.63) is 40.2 Å². The Hall–Kier alpha value is -2.87. The van der Waals surface area contributed by atoms with Crippen LogP contribution in [0.1, 0.15) is 44.0 Å². The Morgan fingerprint density at radius 2 is 2.08 bits per heavy atom. The number of alkyl carbamates (subject to hydrolysis) is 1. The summed E-state index contributed by atoms with van der Waals surface area (Å²) in [6.45, 7) is 4.15. The van der Waals surface area contributed by atoms with Crippen molar-refractivity contribution in [1.29, 1.82) is 0 Å². The molecule has 0 spiro atoms. The molecule has 1 aliphatic carbocycles. The minimum Gasteiger partial charge on any atom is -0.453 e. The molecule has 38 heavy (non-hydrogen) atoms. The predicted octanol–water partition coefficient (Wildman–Crippen LogP) is 4.78. The van der Waals surface area contributed by atoms with Gasteiger partial charge in [-0.1, -0.05) is 18.5 Å². The Morgan fingerprint density at radius 1 is 1.32 bits per heavy atom. The lowest BCUT2D eigenvalue weighted by molar-refractivity contribution is 0.168. The van der Waals surface area contributed by atoms with Gasteiger partial charge in [0, 0.05) is 36.8 Å². The number of carbonyl (C=O) groups is 1. The third-order valence-electron chi connectivity index (χ3n) is 5.67. The molecule has 204 valence electrons. The summed E-state index contributed by atoms with van der Waals surface area (Å²) in [7, 11) is -2.75. The lowest BCUT2D eigenvalue weighted by Crippen LogP contribution is -2.37. The molecule has 2 aromatic heterocycles. The van der Waals surface area contributed by atoms with Crippen molar-refractivity contribution in [3.8, 4) is 21.8 Å². The van der Waals surface area contributed by atoms with Crippen LogP contribution in [-0.4, -0.2) is 55.7 Å². The summed E-state index contributed by atoms with van der Waals surface area (Å²) in [4.78, 5) is 25.3. The molecule has 0 radical (unpaired) electrons. The number of aromatic nitrogens is 3. The van der Waals surface area contributed by atoms with Gasteiger partial charge in [0.05, 0.1) is 33.4 Å². The van der Waals surface area contributed by atoms with E-state index in [0.29, 0.717) is 41.1 Å². The van der Waals surface area contributed by atoms with E-state index in [9.17, 15) is 17.6 Å². The van der Waals surface area contributed by atoms with Crippen LogP contribution in [-0.2, 0) is 14.8 Å². The summed E-state index contributed by atoms with van der Waals surface area (Å²) in [6.07, 6.45) is 3.58. The topological polar surface area (TPSA) is 135 Å². The number of sulfonamides is 1. The van der Waals surface area contributed by atoms with Crippen LogP contribution in [0.15, 0.2) is 29.3 Å². The second kappa shape index (κ2) is 11.9. The summed E-state index contributed by atoms with van der Waals surface area (Å²) in [5.74, 6) is -0.144. The molecule has 1 fully saturated rings. The van der Waals surface area contributed by atoms with Crippen LogP contribution in [0.4, 0.5) is 15.1 Å². The molecule has 1 amide bonds. The maximum absolute atomic E-state index is 14.8. The molecule has 14 heteroatoms. The number of methoxy groups -OCH3 is 1. The fraction of sp³-hybridized carbons (Fsp3) is 0.417. The number of ether oxygens (including phenoxy) is 1. The summed E-state index contributed by atoms with van der Waals surface area (Å²) < 4.78 is 47.5. The van der Waals surface area contributed by atoms with Crippen molar-refractivity contribution in [2.45, 2.75) is 50.0 Å². The van der Waals surface area contributed by atoms with E-state index in [-0.39, 0.29) is 28.1 Å². The molecule has 0 aliphatic heterocycles. The summed E-state index contributed by atoms with van der Waals surface area (Å²) in [6, 6.07) is 3.54. The highest BCUT2D eigenvalue weighted by Crippen LogP contribution is 2.48. The number of halogens is 2. The minimum absolute atomic E-state index is 0.112. The lowest BCUT2D eigenvalue weighted by atomic mass is 10.1. The first-order valence-electron chi connectivity index (χ1n) is 12.0. The zero-order valence-corrected chi connectivity index (χ0v) is 23.4. The lowest BCUT2D eigenvalue weighted by Gasteiger charge is -2.14. The third-order valence-corrected chi connectivity index (χ3v) is 8.91. The normalized spacial score (nSPS) is 14.2. The molecule has 1 saturated carbocycles. The quantitative estimate of drug-likeness (QED) is 0.294. The van der Waals surface area contributed by atoms with Crippen LogP contribution in [0.25, 0.3) is 21.8 Å². The number of anilines is 1. The molecule has 1 aromatic carbocycles. The van der Waals surface area contributed by atoms with Crippen molar-refractivity contribution in [3.63, 3.8) is 0 Å². The number of thiazole rings is 1. The van der Waals surface area contributed by atoms with Gasteiger partial charge in [-0.05, 0) is 44.4 Å². The van der Waals surface area contributed by atoms with Gasteiger partial charge in [0.2, 0.25) is 16.0 Å². The van der Waals surface area contributed by atoms with Gasteiger partial charge in [-0.3, -0.25) is 0 Å². The van der Waals surface area contributed by atoms with Crippen molar-refractivity contribution >= 4 is 45.0 Å². The van der Waals surface area contributed by atoms with Gasteiger partial charge in [-0.2, -0.15) is 0 Å². The van der Waals surface area contributed by atoms with Gasteiger partial charge < -0.3 is 15.4 Å². The van der Waals surface area contributed by atoms with Gasteiger partial charge in [-0.15, -0.1) is 11.3 Å².